The standard InChI is InChI=1S/C18H23N3O/c19-17-18(21(20)11-12-22-17,13-15-7-3-1-4-8-15)14-16-9-5-2-6-10-16/h1-10,17H,11-14,19-20H2. The van der Waals surface area contributed by atoms with E-state index >= 15 is 0 Å². The van der Waals surface area contributed by atoms with Gasteiger partial charge in [-0.05, 0) is 24.0 Å². The number of morpholine rings is 1. The highest BCUT2D eigenvalue weighted by Crippen LogP contribution is 2.29. The summed E-state index contributed by atoms with van der Waals surface area (Å²) in [4.78, 5) is 0. The second-order valence-corrected chi connectivity index (χ2v) is 5.91. The predicted molar refractivity (Wildman–Crippen MR) is 87.8 cm³/mol. The van der Waals surface area contributed by atoms with Gasteiger partial charge in [0.05, 0.1) is 12.1 Å². The molecule has 1 aliphatic heterocycles. The van der Waals surface area contributed by atoms with Crippen LogP contribution in [0.2, 0.25) is 0 Å². The number of ether oxygens (including phenoxy) is 1. The fourth-order valence-corrected chi connectivity index (χ4v) is 3.18. The fourth-order valence-electron chi connectivity index (χ4n) is 3.18. The van der Waals surface area contributed by atoms with Crippen molar-refractivity contribution in [2.45, 2.75) is 24.6 Å². The van der Waals surface area contributed by atoms with Gasteiger partial charge in [0.25, 0.3) is 0 Å². The van der Waals surface area contributed by atoms with Crippen LogP contribution in [0.1, 0.15) is 11.1 Å². The Morgan fingerprint density at radius 2 is 1.45 bits per heavy atom. The van der Waals surface area contributed by atoms with Crippen molar-refractivity contribution < 1.29 is 4.74 Å². The molecule has 1 saturated heterocycles. The quantitative estimate of drug-likeness (QED) is 0.843. The molecule has 1 aliphatic rings. The molecule has 1 unspecified atom stereocenters. The van der Waals surface area contributed by atoms with Crippen molar-refractivity contribution in [3.63, 3.8) is 0 Å². The SMILES string of the molecule is NC1OCCN(N)C1(Cc1ccccc1)Cc1ccccc1. The molecule has 0 saturated carbocycles. The van der Waals surface area contributed by atoms with Crippen molar-refractivity contribution in [1.29, 1.82) is 0 Å². The van der Waals surface area contributed by atoms with Crippen molar-refractivity contribution >= 4 is 0 Å². The molecule has 1 atom stereocenters. The maximum absolute atomic E-state index is 6.37. The average molecular weight is 297 g/mol. The largest absolute Gasteiger partial charge is 0.360 e. The molecule has 0 spiro atoms. The molecule has 116 valence electrons. The normalized spacial score (nSPS) is 21.6. The van der Waals surface area contributed by atoms with Gasteiger partial charge in [0.1, 0.15) is 6.23 Å². The third-order valence-electron chi connectivity index (χ3n) is 4.44. The molecule has 2 aromatic carbocycles. The van der Waals surface area contributed by atoms with Crippen LogP contribution in [0.4, 0.5) is 0 Å². The molecule has 0 radical (unpaired) electrons. The molecule has 4 N–H and O–H groups in total. The number of hydrogen-bond acceptors (Lipinski definition) is 4. The molecule has 4 heteroatoms. The third kappa shape index (κ3) is 3.05. The summed E-state index contributed by atoms with van der Waals surface area (Å²) in [5, 5.41) is 1.88. The summed E-state index contributed by atoms with van der Waals surface area (Å²) in [7, 11) is 0. The molecule has 0 aromatic heterocycles. The summed E-state index contributed by atoms with van der Waals surface area (Å²) in [5.74, 6) is 6.37. The number of hydrazine groups is 1. The maximum atomic E-state index is 6.37. The van der Waals surface area contributed by atoms with Crippen molar-refractivity contribution in [2.75, 3.05) is 13.2 Å². The Morgan fingerprint density at radius 3 is 1.91 bits per heavy atom. The zero-order valence-corrected chi connectivity index (χ0v) is 12.7. The summed E-state index contributed by atoms with van der Waals surface area (Å²) in [5.41, 5.74) is 8.36. The number of benzene rings is 2. The van der Waals surface area contributed by atoms with E-state index in [9.17, 15) is 0 Å². The number of rotatable bonds is 4. The van der Waals surface area contributed by atoms with Crippen LogP contribution in [0, 0.1) is 0 Å². The lowest BCUT2D eigenvalue weighted by atomic mass is 9.81. The number of nitrogens with zero attached hydrogens (tertiary/aromatic N) is 1. The van der Waals surface area contributed by atoms with Gasteiger partial charge in [0.2, 0.25) is 0 Å². The van der Waals surface area contributed by atoms with Gasteiger partial charge >= 0.3 is 0 Å². The first-order chi connectivity index (χ1) is 10.7. The lowest BCUT2D eigenvalue weighted by molar-refractivity contribution is -0.126. The summed E-state index contributed by atoms with van der Waals surface area (Å²) in [6.45, 7) is 1.26. The molecule has 4 nitrogen and oxygen atoms in total. The number of nitrogens with two attached hydrogens (primary N) is 2. The first-order valence-corrected chi connectivity index (χ1v) is 7.68. The molecule has 2 aromatic rings. The summed E-state index contributed by atoms with van der Waals surface area (Å²) in [6, 6.07) is 20.7. The smallest absolute Gasteiger partial charge is 0.126 e. The van der Waals surface area contributed by atoms with Crippen molar-refractivity contribution in [2.24, 2.45) is 11.6 Å². The van der Waals surface area contributed by atoms with Crippen LogP contribution in [-0.2, 0) is 17.6 Å². The van der Waals surface area contributed by atoms with E-state index in [2.05, 4.69) is 24.3 Å². The van der Waals surface area contributed by atoms with Crippen LogP contribution in [0.3, 0.4) is 0 Å². The van der Waals surface area contributed by atoms with Crippen molar-refractivity contribution in [3.8, 4) is 0 Å². The van der Waals surface area contributed by atoms with E-state index in [0.717, 1.165) is 12.8 Å². The highest BCUT2D eigenvalue weighted by atomic mass is 16.5. The Kier molecular flexibility index (Phi) is 4.55. The molecular formula is C18H23N3O. The average Bonchev–Trinajstić information content (AvgIpc) is 2.54. The van der Waals surface area contributed by atoms with Gasteiger partial charge in [-0.3, -0.25) is 5.84 Å². The zero-order chi connectivity index (χ0) is 15.4. The van der Waals surface area contributed by atoms with Crippen LogP contribution >= 0.6 is 0 Å². The van der Waals surface area contributed by atoms with E-state index in [-0.39, 0.29) is 0 Å². The van der Waals surface area contributed by atoms with Crippen LogP contribution in [0.25, 0.3) is 0 Å². The first-order valence-electron chi connectivity index (χ1n) is 7.68. The van der Waals surface area contributed by atoms with E-state index in [1.807, 2.05) is 41.4 Å². The Hall–Kier alpha value is -1.72. The predicted octanol–water partition coefficient (Wildman–Crippen LogP) is 1.70. The minimum absolute atomic E-state index is 0.410. The van der Waals surface area contributed by atoms with Crippen molar-refractivity contribution in [3.05, 3.63) is 71.8 Å². The van der Waals surface area contributed by atoms with Gasteiger partial charge in [-0.2, -0.15) is 0 Å². The summed E-state index contributed by atoms with van der Waals surface area (Å²) >= 11 is 0. The van der Waals surface area contributed by atoms with Crippen LogP contribution in [0.15, 0.2) is 60.7 Å². The molecule has 3 rings (SSSR count). The lowest BCUT2D eigenvalue weighted by Crippen LogP contribution is -2.69. The van der Waals surface area contributed by atoms with Crippen LogP contribution in [0.5, 0.6) is 0 Å². The van der Waals surface area contributed by atoms with E-state index in [1.54, 1.807) is 0 Å². The monoisotopic (exact) mass is 297 g/mol. The van der Waals surface area contributed by atoms with Gasteiger partial charge in [-0.1, -0.05) is 60.7 Å². The highest BCUT2D eigenvalue weighted by molar-refractivity contribution is 5.24. The molecule has 1 fully saturated rings. The van der Waals surface area contributed by atoms with E-state index in [4.69, 9.17) is 16.3 Å². The van der Waals surface area contributed by atoms with E-state index in [1.165, 1.54) is 11.1 Å². The maximum Gasteiger partial charge on any atom is 0.126 e. The van der Waals surface area contributed by atoms with Gasteiger partial charge in [0.15, 0.2) is 0 Å². The van der Waals surface area contributed by atoms with Crippen LogP contribution in [-0.4, -0.2) is 29.9 Å². The lowest BCUT2D eigenvalue weighted by Gasteiger charge is -2.48. The molecule has 0 aliphatic carbocycles. The molecule has 22 heavy (non-hydrogen) atoms. The van der Waals surface area contributed by atoms with E-state index < -0.39 is 11.8 Å². The van der Waals surface area contributed by atoms with Gasteiger partial charge in [-0.15, -0.1) is 0 Å². The Bertz CT molecular complexity index is 534. The molecule has 0 bridgehead atoms. The second kappa shape index (κ2) is 6.58. The van der Waals surface area contributed by atoms with E-state index in [0.29, 0.717) is 13.2 Å². The second-order valence-electron chi connectivity index (χ2n) is 5.91. The zero-order valence-electron chi connectivity index (χ0n) is 12.7. The molecule has 1 heterocycles. The highest BCUT2D eigenvalue weighted by Gasteiger charge is 2.44. The molecule has 0 amide bonds. The Morgan fingerprint density at radius 1 is 0.955 bits per heavy atom. The first kappa shape index (κ1) is 15.2. The van der Waals surface area contributed by atoms with Gasteiger partial charge < -0.3 is 10.5 Å². The van der Waals surface area contributed by atoms with Crippen LogP contribution < -0.4 is 11.6 Å². The van der Waals surface area contributed by atoms with Gasteiger partial charge in [-0.25, -0.2) is 5.01 Å². The number of hydrogen-bond donors (Lipinski definition) is 2. The summed E-state index contributed by atoms with van der Waals surface area (Å²) < 4.78 is 5.76. The van der Waals surface area contributed by atoms with Crippen molar-refractivity contribution in [1.82, 2.24) is 5.01 Å². The Balaban J connectivity index is 1.94. The topological polar surface area (TPSA) is 64.5 Å². The summed E-state index contributed by atoms with van der Waals surface area (Å²) in [6.07, 6.45) is 1.12. The minimum Gasteiger partial charge on any atom is -0.360 e. The molecular weight excluding hydrogens is 274 g/mol. The Labute approximate surface area is 131 Å². The van der Waals surface area contributed by atoms with Gasteiger partial charge in [0, 0.05) is 6.54 Å². The fraction of sp³-hybridized carbons (Fsp3) is 0.333. The third-order valence-corrected chi connectivity index (χ3v) is 4.44. The minimum atomic E-state index is -0.430.